The van der Waals surface area contributed by atoms with Crippen LogP contribution in [0.25, 0.3) is 0 Å². The number of ether oxygens (including phenoxy) is 4. The van der Waals surface area contributed by atoms with E-state index in [1.54, 1.807) is 25.3 Å². The van der Waals surface area contributed by atoms with Crippen LogP contribution < -0.4 is 18.9 Å². The SMILES string of the molecule is COc1cccc(OCCOc2c(Br)cc(C#N)cc2OC)c1. The lowest BCUT2D eigenvalue weighted by Crippen LogP contribution is -2.10. The minimum Gasteiger partial charge on any atom is -0.497 e. The van der Waals surface area contributed by atoms with Gasteiger partial charge < -0.3 is 18.9 Å². The Morgan fingerprint density at radius 3 is 2.43 bits per heavy atom. The van der Waals surface area contributed by atoms with Crippen LogP contribution in [0, 0.1) is 11.3 Å². The number of nitriles is 1. The number of rotatable bonds is 7. The van der Waals surface area contributed by atoms with Crippen LogP contribution >= 0.6 is 15.9 Å². The molecule has 0 bridgehead atoms. The van der Waals surface area contributed by atoms with Crippen LogP contribution in [-0.4, -0.2) is 27.4 Å². The van der Waals surface area contributed by atoms with Crippen molar-refractivity contribution in [3.05, 3.63) is 46.4 Å². The Morgan fingerprint density at radius 1 is 1.00 bits per heavy atom. The summed E-state index contributed by atoms with van der Waals surface area (Å²) in [5.41, 5.74) is 0.494. The first kappa shape index (κ1) is 17.0. The van der Waals surface area contributed by atoms with E-state index in [1.165, 1.54) is 7.11 Å². The molecule has 2 aromatic rings. The number of hydrogen-bond acceptors (Lipinski definition) is 5. The molecule has 0 unspecified atom stereocenters. The lowest BCUT2D eigenvalue weighted by molar-refractivity contribution is 0.210. The topological polar surface area (TPSA) is 60.7 Å². The summed E-state index contributed by atoms with van der Waals surface area (Å²) in [7, 11) is 3.14. The van der Waals surface area contributed by atoms with Crippen LogP contribution in [0.15, 0.2) is 40.9 Å². The first-order valence-electron chi connectivity index (χ1n) is 6.85. The van der Waals surface area contributed by atoms with Gasteiger partial charge in [0.05, 0.1) is 30.3 Å². The van der Waals surface area contributed by atoms with Crippen molar-refractivity contribution in [2.45, 2.75) is 0 Å². The quantitative estimate of drug-likeness (QED) is 0.686. The summed E-state index contributed by atoms with van der Waals surface area (Å²) in [5, 5.41) is 8.96. The van der Waals surface area contributed by atoms with Gasteiger partial charge in [0, 0.05) is 12.1 Å². The molecular formula is C17H16BrNO4. The zero-order valence-corrected chi connectivity index (χ0v) is 14.4. The summed E-state index contributed by atoms with van der Waals surface area (Å²) >= 11 is 3.38. The van der Waals surface area contributed by atoms with Gasteiger partial charge in [-0.1, -0.05) is 6.07 Å². The third kappa shape index (κ3) is 4.54. The highest BCUT2D eigenvalue weighted by molar-refractivity contribution is 9.10. The van der Waals surface area contributed by atoms with Gasteiger partial charge in [0.15, 0.2) is 11.5 Å². The van der Waals surface area contributed by atoms with Crippen LogP contribution in [-0.2, 0) is 0 Å². The highest BCUT2D eigenvalue weighted by atomic mass is 79.9. The van der Waals surface area contributed by atoms with Crippen LogP contribution in [0.1, 0.15) is 5.56 Å². The van der Waals surface area contributed by atoms with Crippen molar-refractivity contribution in [2.75, 3.05) is 27.4 Å². The van der Waals surface area contributed by atoms with Crippen molar-refractivity contribution in [3.8, 4) is 29.1 Å². The average molecular weight is 378 g/mol. The smallest absolute Gasteiger partial charge is 0.175 e. The molecule has 0 fully saturated rings. The summed E-state index contributed by atoms with van der Waals surface area (Å²) in [5.74, 6) is 2.48. The van der Waals surface area contributed by atoms with E-state index in [0.717, 1.165) is 5.75 Å². The molecule has 0 N–H and O–H groups in total. The van der Waals surface area contributed by atoms with E-state index in [2.05, 4.69) is 22.0 Å². The van der Waals surface area contributed by atoms with Crippen molar-refractivity contribution >= 4 is 15.9 Å². The van der Waals surface area contributed by atoms with E-state index < -0.39 is 0 Å². The van der Waals surface area contributed by atoms with Crippen molar-refractivity contribution in [3.63, 3.8) is 0 Å². The van der Waals surface area contributed by atoms with E-state index in [9.17, 15) is 0 Å². The van der Waals surface area contributed by atoms with Gasteiger partial charge in [-0.3, -0.25) is 0 Å². The molecule has 0 aliphatic carbocycles. The summed E-state index contributed by atoms with van der Waals surface area (Å²) < 4.78 is 22.4. The molecule has 6 heteroatoms. The maximum Gasteiger partial charge on any atom is 0.175 e. The molecule has 0 aliphatic rings. The lowest BCUT2D eigenvalue weighted by atomic mass is 10.2. The predicted molar refractivity (Wildman–Crippen MR) is 89.4 cm³/mol. The predicted octanol–water partition coefficient (Wildman–Crippen LogP) is 3.80. The van der Waals surface area contributed by atoms with Crippen LogP contribution in [0.5, 0.6) is 23.0 Å². The van der Waals surface area contributed by atoms with Gasteiger partial charge in [-0.15, -0.1) is 0 Å². The largest absolute Gasteiger partial charge is 0.497 e. The fourth-order valence-electron chi connectivity index (χ4n) is 1.92. The molecule has 23 heavy (non-hydrogen) atoms. The van der Waals surface area contributed by atoms with Gasteiger partial charge in [-0.25, -0.2) is 0 Å². The number of benzene rings is 2. The molecule has 0 atom stereocenters. The van der Waals surface area contributed by atoms with Crippen molar-refractivity contribution in [1.82, 2.24) is 0 Å². The van der Waals surface area contributed by atoms with Gasteiger partial charge in [0.1, 0.15) is 24.7 Å². The molecule has 120 valence electrons. The standard InChI is InChI=1S/C17H16BrNO4/c1-20-13-4-3-5-14(10-13)22-6-7-23-17-15(18)8-12(11-19)9-16(17)21-2/h3-5,8-10H,6-7H2,1-2H3. The zero-order chi connectivity index (χ0) is 16.7. The van der Waals surface area contributed by atoms with E-state index in [4.69, 9.17) is 24.2 Å². The third-order valence-corrected chi connectivity index (χ3v) is 3.59. The Morgan fingerprint density at radius 2 is 1.74 bits per heavy atom. The number of nitrogens with zero attached hydrogens (tertiary/aromatic N) is 1. The van der Waals surface area contributed by atoms with E-state index in [1.807, 2.05) is 18.2 Å². The van der Waals surface area contributed by atoms with E-state index in [0.29, 0.717) is 40.5 Å². The molecule has 2 rings (SSSR count). The number of methoxy groups -OCH3 is 2. The van der Waals surface area contributed by atoms with Crippen molar-refractivity contribution < 1.29 is 18.9 Å². The minimum absolute atomic E-state index is 0.331. The molecule has 0 aromatic heterocycles. The van der Waals surface area contributed by atoms with Gasteiger partial charge in [0.2, 0.25) is 0 Å². The summed E-state index contributed by atoms with van der Waals surface area (Å²) in [6.45, 7) is 0.695. The fraction of sp³-hybridized carbons (Fsp3) is 0.235. The maximum absolute atomic E-state index is 8.96. The van der Waals surface area contributed by atoms with Crippen molar-refractivity contribution in [2.24, 2.45) is 0 Å². The molecule has 0 radical (unpaired) electrons. The van der Waals surface area contributed by atoms with E-state index in [-0.39, 0.29) is 0 Å². The third-order valence-electron chi connectivity index (χ3n) is 3.00. The molecule has 5 nitrogen and oxygen atoms in total. The lowest BCUT2D eigenvalue weighted by Gasteiger charge is -2.13. The Hall–Kier alpha value is -2.39. The molecule has 0 saturated heterocycles. The first-order chi connectivity index (χ1) is 11.2. The monoisotopic (exact) mass is 377 g/mol. The zero-order valence-electron chi connectivity index (χ0n) is 12.8. The van der Waals surface area contributed by atoms with Gasteiger partial charge in [0.25, 0.3) is 0 Å². The van der Waals surface area contributed by atoms with Crippen molar-refractivity contribution in [1.29, 1.82) is 5.26 Å². The molecule has 0 amide bonds. The highest BCUT2D eigenvalue weighted by Crippen LogP contribution is 2.36. The van der Waals surface area contributed by atoms with Crippen LogP contribution in [0.4, 0.5) is 0 Å². The molecule has 0 heterocycles. The second-order valence-corrected chi connectivity index (χ2v) is 5.33. The average Bonchev–Trinajstić information content (AvgIpc) is 2.59. The van der Waals surface area contributed by atoms with Gasteiger partial charge in [-0.2, -0.15) is 5.26 Å². The second kappa shape index (κ2) is 8.30. The molecular weight excluding hydrogens is 362 g/mol. The summed E-state index contributed by atoms with van der Waals surface area (Å²) in [6.07, 6.45) is 0. The van der Waals surface area contributed by atoms with Gasteiger partial charge >= 0.3 is 0 Å². The van der Waals surface area contributed by atoms with Gasteiger partial charge in [-0.05, 0) is 34.1 Å². The second-order valence-electron chi connectivity index (χ2n) is 4.48. The Kier molecular flexibility index (Phi) is 6.12. The Labute approximate surface area is 143 Å². The molecule has 0 aliphatic heterocycles. The Balaban J connectivity index is 1.95. The first-order valence-corrected chi connectivity index (χ1v) is 7.64. The number of halogens is 1. The minimum atomic E-state index is 0.331. The summed E-state index contributed by atoms with van der Waals surface area (Å²) in [6, 6.07) is 12.7. The number of hydrogen-bond donors (Lipinski definition) is 0. The van der Waals surface area contributed by atoms with Crippen LogP contribution in [0.3, 0.4) is 0 Å². The highest BCUT2D eigenvalue weighted by Gasteiger charge is 2.11. The van der Waals surface area contributed by atoms with Crippen LogP contribution in [0.2, 0.25) is 0 Å². The Bertz CT molecular complexity index is 712. The molecule has 2 aromatic carbocycles. The maximum atomic E-state index is 8.96. The van der Waals surface area contributed by atoms with E-state index >= 15 is 0 Å². The summed E-state index contributed by atoms with van der Waals surface area (Å²) in [4.78, 5) is 0. The normalized spacial score (nSPS) is 9.83. The molecule has 0 saturated carbocycles. The molecule has 0 spiro atoms. The fourth-order valence-corrected chi connectivity index (χ4v) is 2.48.